The summed E-state index contributed by atoms with van der Waals surface area (Å²) < 4.78 is 7.39. The van der Waals surface area contributed by atoms with Crippen molar-refractivity contribution in [2.75, 3.05) is 24.7 Å². The van der Waals surface area contributed by atoms with Crippen molar-refractivity contribution in [3.63, 3.8) is 0 Å². The van der Waals surface area contributed by atoms with Crippen LogP contribution in [0.4, 0.5) is 5.82 Å². The van der Waals surface area contributed by atoms with Crippen molar-refractivity contribution >= 4 is 11.3 Å². The molecule has 1 unspecified atom stereocenters. The smallest absolute Gasteiger partial charge is 0.165 e. The van der Waals surface area contributed by atoms with Crippen LogP contribution < -0.4 is 4.90 Å². The second kappa shape index (κ2) is 5.62. The van der Waals surface area contributed by atoms with E-state index < -0.39 is 0 Å². The molecule has 6 nitrogen and oxygen atoms in total. The zero-order valence-electron chi connectivity index (χ0n) is 13.3. The van der Waals surface area contributed by atoms with Gasteiger partial charge in [-0.05, 0) is 32.0 Å². The topological polar surface area (TPSA) is 55.5 Å². The lowest BCUT2D eigenvalue weighted by atomic mass is 10.2. The first-order chi connectivity index (χ1) is 11.2. The molecule has 1 atom stereocenters. The molecule has 1 aliphatic heterocycles. The Balaban J connectivity index is 1.80. The van der Waals surface area contributed by atoms with E-state index in [0.29, 0.717) is 6.04 Å². The van der Waals surface area contributed by atoms with E-state index >= 15 is 0 Å². The van der Waals surface area contributed by atoms with Crippen LogP contribution in [0.1, 0.15) is 12.6 Å². The van der Waals surface area contributed by atoms with Gasteiger partial charge in [0.1, 0.15) is 5.82 Å². The van der Waals surface area contributed by atoms with Gasteiger partial charge in [-0.25, -0.2) is 14.5 Å². The van der Waals surface area contributed by atoms with Gasteiger partial charge in [0.05, 0.1) is 36.0 Å². The number of aryl methyl sites for hydroxylation is 1. The van der Waals surface area contributed by atoms with Crippen LogP contribution in [-0.4, -0.2) is 45.4 Å². The minimum absolute atomic E-state index is 0.316. The summed E-state index contributed by atoms with van der Waals surface area (Å²) in [6.07, 6.45) is 3.77. The number of nitrogens with zero attached hydrogens (tertiary/aromatic N) is 5. The zero-order chi connectivity index (χ0) is 15.8. The summed E-state index contributed by atoms with van der Waals surface area (Å²) in [5.41, 5.74) is 2.95. The molecule has 118 valence electrons. The van der Waals surface area contributed by atoms with Crippen molar-refractivity contribution in [3.8, 4) is 11.4 Å². The van der Waals surface area contributed by atoms with Crippen LogP contribution in [-0.2, 0) is 4.74 Å². The van der Waals surface area contributed by atoms with Crippen LogP contribution in [0.15, 0.2) is 36.7 Å². The number of aromatic nitrogens is 4. The van der Waals surface area contributed by atoms with Gasteiger partial charge in [-0.3, -0.25) is 0 Å². The van der Waals surface area contributed by atoms with Gasteiger partial charge in [0, 0.05) is 18.9 Å². The van der Waals surface area contributed by atoms with E-state index in [1.807, 2.05) is 48.1 Å². The average Bonchev–Trinajstić information content (AvgIpc) is 2.91. The molecule has 6 heteroatoms. The van der Waals surface area contributed by atoms with Gasteiger partial charge in [-0.15, -0.1) is 0 Å². The number of pyridine rings is 1. The van der Waals surface area contributed by atoms with Gasteiger partial charge in [-0.1, -0.05) is 6.07 Å². The molecule has 3 aromatic rings. The molecule has 3 aromatic heterocycles. The van der Waals surface area contributed by atoms with Crippen molar-refractivity contribution in [2.45, 2.75) is 19.9 Å². The molecule has 1 aliphatic rings. The van der Waals surface area contributed by atoms with Crippen molar-refractivity contribution in [1.29, 1.82) is 0 Å². The van der Waals surface area contributed by atoms with E-state index in [9.17, 15) is 0 Å². The maximum atomic E-state index is 5.51. The summed E-state index contributed by atoms with van der Waals surface area (Å²) in [4.78, 5) is 11.6. The number of ether oxygens (including phenoxy) is 1. The number of rotatable bonds is 2. The molecule has 0 aromatic carbocycles. The summed E-state index contributed by atoms with van der Waals surface area (Å²) in [6.45, 7) is 6.47. The number of morpholine rings is 1. The lowest BCUT2D eigenvalue weighted by molar-refractivity contribution is 0.0985. The third-order valence-electron chi connectivity index (χ3n) is 4.24. The minimum atomic E-state index is 0.316. The molecule has 0 saturated carbocycles. The van der Waals surface area contributed by atoms with Gasteiger partial charge in [0.15, 0.2) is 5.82 Å². The largest absolute Gasteiger partial charge is 0.377 e. The second-order valence-corrected chi connectivity index (χ2v) is 5.85. The molecule has 0 amide bonds. The molecular formula is C17H19N5O. The van der Waals surface area contributed by atoms with Crippen LogP contribution in [0.5, 0.6) is 0 Å². The standard InChI is InChI=1S/C17H19N5O/c1-12-11-23-10-9-21(12)15-6-7-18-17(19-15)16-13(2)20-22-8-4-3-5-14(16)22/h3-8,12H,9-11H2,1-2H3. The maximum absolute atomic E-state index is 5.51. The fourth-order valence-electron chi connectivity index (χ4n) is 3.09. The Morgan fingerprint density at radius 3 is 3.04 bits per heavy atom. The molecule has 0 spiro atoms. The minimum Gasteiger partial charge on any atom is -0.377 e. The average molecular weight is 309 g/mol. The first-order valence-corrected chi connectivity index (χ1v) is 7.86. The Labute approximate surface area is 134 Å². The van der Waals surface area contributed by atoms with E-state index in [2.05, 4.69) is 21.9 Å². The zero-order valence-corrected chi connectivity index (χ0v) is 13.3. The lowest BCUT2D eigenvalue weighted by Crippen LogP contribution is -2.44. The first kappa shape index (κ1) is 14.1. The quantitative estimate of drug-likeness (QED) is 0.727. The van der Waals surface area contributed by atoms with Crippen LogP contribution in [0.25, 0.3) is 16.9 Å². The summed E-state index contributed by atoms with van der Waals surface area (Å²) in [7, 11) is 0. The normalized spacial score (nSPS) is 18.5. The Morgan fingerprint density at radius 2 is 2.17 bits per heavy atom. The van der Waals surface area contributed by atoms with Gasteiger partial charge in [0.25, 0.3) is 0 Å². The van der Waals surface area contributed by atoms with Gasteiger partial charge in [0.2, 0.25) is 0 Å². The molecule has 0 N–H and O–H groups in total. The molecule has 0 aliphatic carbocycles. The lowest BCUT2D eigenvalue weighted by Gasteiger charge is -2.34. The highest BCUT2D eigenvalue weighted by Crippen LogP contribution is 2.27. The maximum Gasteiger partial charge on any atom is 0.165 e. The third kappa shape index (κ3) is 2.45. The van der Waals surface area contributed by atoms with Gasteiger partial charge >= 0.3 is 0 Å². The van der Waals surface area contributed by atoms with E-state index in [1.165, 1.54) is 0 Å². The van der Waals surface area contributed by atoms with E-state index in [0.717, 1.165) is 48.2 Å². The summed E-state index contributed by atoms with van der Waals surface area (Å²) in [5.74, 6) is 1.67. The predicted molar refractivity (Wildman–Crippen MR) is 88.6 cm³/mol. The van der Waals surface area contributed by atoms with E-state index in [1.54, 1.807) is 0 Å². The number of hydrogen-bond acceptors (Lipinski definition) is 5. The first-order valence-electron chi connectivity index (χ1n) is 7.86. The number of hydrogen-bond donors (Lipinski definition) is 0. The van der Waals surface area contributed by atoms with Crippen molar-refractivity contribution < 1.29 is 4.74 Å². The molecule has 4 rings (SSSR count). The molecule has 0 radical (unpaired) electrons. The summed E-state index contributed by atoms with van der Waals surface area (Å²) in [6, 6.07) is 8.30. The van der Waals surface area contributed by atoms with E-state index in [-0.39, 0.29) is 0 Å². The Bertz CT molecular complexity index is 844. The van der Waals surface area contributed by atoms with Crippen LogP contribution in [0, 0.1) is 6.92 Å². The third-order valence-corrected chi connectivity index (χ3v) is 4.24. The Kier molecular flexibility index (Phi) is 3.46. The Morgan fingerprint density at radius 1 is 1.26 bits per heavy atom. The van der Waals surface area contributed by atoms with Crippen LogP contribution in [0.2, 0.25) is 0 Å². The second-order valence-electron chi connectivity index (χ2n) is 5.85. The Hall–Kier alpha value is -2.47. The van der Waals surface area contributed by atoms with Crippen LogP contribution in [0.3, 0.4) is 0 Å². The predicted octanol–water partition coefficient (Wildman–Crippen LogP) is 2.32. The summed E-state index contributed by atoms with van der Waals surface area (Å²) in [5, 5.41) is 4.55. The molecule has 1 fully saturated rings. The van der Waals surface area contributed by atoms with E-state index in [4.69, 9.17) is 9.72 Å². The highest BCUT2D eigenvalue weighted by atomic mass is 16.5. The number of fused-ring (bicyclic) bond motifs is 1. The molecule has 1 saturated heterocycles. The summed E-state index contributed by atoms with van der Waals surface area (Å²) >= 11 is 0. The monoisotopic (exact) mass is 309 g/mol. The highest BCUT2D eigenvalue weighted by Gasteiger charge is 2.21. The molecule has 0 bridgehead atoms. The SMILES string of the molecule is Cc1nn2ccccc2c1-c1nccc(N2CCOCC2C)n1. The van der Waals surface area contributed by atoms with Crippen molar-refractivity contribution in [2.24, 2.45) is 0 Å². The molecular weight excluding hydrogens is 290 g/mol. The van der Waals surface area contributed by atoms with Crippen LogP contribution >= 0.6 is 0 Å². The highest BCUT2D eigenvalue weighted by molar-refractivity contribution is 5.78. The van der Waals surface area contributed by atoms with Crippen molar-refractivity contribution in [1.82, 2.24) is 19.6 Å². The molecule has 4 heterocycles. The number of anilines is 1. The fourth-order valence-corrected chi connectivity index (χ4v) is 3.09. The van der Waals surface area contributed by atoms with Gasteiger partial charge < -0.3 is 9.64 Å². The fraction of sp³-hybridized carbons (Fsp3) is 0.353. The van der Waals surface area contributed by atoms with Crippen molar-refractivity contribution in [3.05, 3.63) is 42.4 Å². The van der Waals surface area contributed by atoms with Gasteiger partial charge in [-0.2, -0.15) is 5.10 Å². The molecule has 23 heavy (non-hydrogen) atoms.